The van der Waals surface area contributed by atoms with Crippen LogP contribution in [0.3, 0.4) is 0 Å². The summed E-state index contributed by atoms with van der Waals surface area (Å²) in [5.74, 6) is -0.718. The van der Waals surface area contributed by atoms with E-state index in [2.05, 4.69) is 11.6 Å². The molecular weight excluding hydrogens is 158 g/mol. The second-order valence-electron chi connectivity index (χ2n) is 2.14. The minimum absolute atomic E-state index is 0.176. The number of rotatable bonds is 1. The Kier molecular flexibility index (Phi) is 4.30. The van der Waals surface area contributed by atoms with Crippen LogP contribution in [0.25, 0.3) is 0 Å². The Morgan fingerprint density at radius 1 is 1.67 bits per heavy atom. The highest BCUT2D eigenvalue weighted by molar-refractivity contribution is 5.84. The summed E-state index contributed by atoms with van der Waals surface area (Å²) in [5, 5.41) is 16.3. The van der Waals surface area contributed by atoms with Gasteiger partial charge >= 0.3 is 5.97 Å². The van der Waals surface area contributed by atoms with Crippen LogP contribution in [0.15, 0.2) is 30.5 Å². The molecule has 0 aliphatic carbocycles. The van der Waals surface area contributed by atoms with E-state index in [9.17, 15) is 4.79 Å². The van der Waals surface area contributed by atoms with Gasteiger partial charge in [0.1, 0.15) is 0 Å². The standard InChI is InChI=1S/C4H5NO.C4H6O2/c6-4-2-1-3-5-4;1-3(2)4(5)6/h1-3,5-6H;1H2,2H3,(H,5,6). The van der Waals surface area contributed by atoms with Gasteiger partial charge in [-0.15, -0.1) is 0 Å². The highest BCUT2D eigenvalue weighted by Gasteiger charge is 1.90. The molecule has 0 bridgehead atoms. The fraction of sp³-hybridized carbons (Fsp3) is 0.125. The molecule has 66 valence electrons. The van der Waals surface area contributed by atoms with Crippen molar-refractivity contribution in [3.63, 3.8) is 0 Å². The van der Waals surface area contributed by atoms with Crippen LogP contribution >= 0.6 is 0 Å². The second-order valence-corrected chi connectivity index (χ2v) is 2.14. The second kappa shape index (κ2) is 5.01. The van der Waals surface area contributed by atoms with E-state index in [1.807, 2.05) is 0 Å². The largest absolute Gasteiger partial charge is 0.495 e. The van der Waals surface area contributed by atoms with E-state index in [-0.39, 0.29) is 11.5 Å². The number of carboxylic acids is 1. The normalized spacial score (nSPS) is 8.08. The van der Waals surface area contributed by atoms with Crippen molar-refractivity contribution in [2.24, 2.45) is 0 Å². The molecule has 0 saturated carbocycles. The van der Waals surface area contributed by atoms with E-state index in [4.69, 9.17) is 10.2 Å². The quantitative estimate of drug-likeness (QED) is 0.556. The van der Waals surface area contributed by atoms with Crippen molar-refractivity contribution in [2.45, 2.75) is 6.92 Å². The SMILES string of the molecule is C=C(C)C(=O)O.Oc1ccc[nH]1. The van der Waals surface area contributed by atoms with Gasteiger partial charge in [0.25, 0.3) is 0 Å². The lowest BCUT2D eigenvalue weighted by molar-refractivity contribution is -0.132. The van der Waals surface area contributed by atoms with Crippen LogP contribution in [0.1, 0.15) is 6.92 Å². The molecule has 0 atom stereocenters. The summed E-state index contributed by atoms with van der Waals surface area (Å²) in [7, 11) is 0. The Morgan fingerprint density at radius 2 is 2.17 bits per heavy atom. The molecule has 1 aromatic heterocycles. The summed E-state index contributed by atoms with van der Waals surface area (Å²) in [6.07, 6.45) is 1.66. The van der Waals surface area contributed by atoms with E-state index in [1.54, 1.807) is 18.3 Å². The minimum atomic E-state index is -0.935. The van der Waals surface area contributed by atoms with E-state index < -0.39 is 5.97 Å². The third-order valence-corrected chi connectivity index (χ3v) is 0.947. The van der Waals surface area contributed by atoms with Crippen LogP contribution in [0.5, 0.6) is 5.88 Å². The summed E-state index contributed by atoms with van der Waals surface area (Å²) in [6.45, 7) is 4.60. The molecule has 3 N–H and O–H groups in total. The number of aromatic hydroxyl groups is 1. The van der Waals surface area contributed by atoms with Crippen molar-refractivity contribution in [3.8, 4) is 5.88 Å². The highest BCUT2D eigenvalue weighted by atomic mass is 16.4. The maximum absolute atomic E-state index is 9.60. The molecule has 0 aromatic carbocycles. The Morgan fingerprint density at radius 3 is 2.25 bits per heavy atom. The third kappa shape index (κ3) is 5.10. The van der Waals surface area contributed by atoms with Crippen LogP contribution in [-0.4, -0.2) is 21.2 Å². The molecule has 0 unspecified atom stereocenters. The third-order valence-electron chi connectivity index (χ3n) is 0.947. The molecule has 1 aromatic rings. The summed E-state index contributed by atoms with van der Waals surface area (Å²) >= 11 is 0. The summed E-state index contributed by atoms with van der Waals surface area (Å²) in [6, 6.07) is 3.31. The van der Waals surface area contributed by atoms with Crippen molar-refractivity contribution in [1.82, 2.24) is 4.98 Å². The number of aromatic nitrogens is 1. The number of carbonyl (C=O) groups is 1. The fourth-order valence-electron chi connectivity index (χ4n) is 0.321. The van der Waals surface area contributed by atoms with Crippen LogP contribution in [0, 0.1) is 0 Å². The van der Waals surface area contributed by atoms with Gasteiger partial charge in [0.2, 0.25) is 0 Å². The van der Waals surface area contributed by atoms with E-state index in [1.165, 1.54) is 6.92 Å². The predicted molar refractivity (Wildman–Crippen MR) is 44.9 cm³/mol. The van der Waals surface area contributed by atoms with Gasteiger partial charge in [-0.2, -0.15) is 0 Å². The van der Waals surface area contributed by atoms with Gasteiger partial charge in [-0.3, -0.25) is 0 Å². The zero-order chi connectivity index (χ0) is 9.56. The minimum Gasteiger partial charge on any atom is -0.495 e. The van der Waals surface area contributed by atoms with Crippen LogP contribution in [-0.2, 0) is 4.79 Å². The van der Waals surface area contributed by atoms with Gasteiger partial charge in [0.05, 0.1) is 0 Å². The molecule has 0 saturated heterocycles. The number of carboxylic acid groups (broad SMARTS) is 1. The van der Waals surface area contributed by atoms with Gasteiger partial charge in [-0.1, -0.05) is 6.58 Å². The summed E-state index contributed by atoms with van der Waals surface area (Å²) < 4.78 is 0. The lowest BCUT2D eigenvalue weighted by Crippen LogP contribution is -1.92. The molecular formula is C8H11NO3. The van der Waals surface area contributed by atoms with Crippen molar-refractivity contribution >= 4 is 5.97 Å². The van der Waals surface area contributed by atoms with Crippen LogP contribution < -0.4 is 0 Å². The van der Waals surface area contributed by atoms with Crippen molar-refractivity contribution < 1.29 is 15.0 Å². The van der Waals surface area contributed by atoms with Crippen molar-refractivity contribution in [1.29, 1.82) is 0 Å². The lowest BCUT2D eigenvalue weighted by Gasteiger charge is -1.79. The summed E-state index contributed by atoms with van der Waals surface area (Å²) in [4.78, 5) is 12.2. The van der Waals surface area contributed by atoms with Gasteiger partial charge in [-0.05, 0) is 19.1 Å². The molecule has 1 heterocycles. The van der Waals surface area contributed by atoms with Crippen LogP contribution in [0.4, 0.5) is 0 Å². The zero-order valence-electron chi connectivity index (χ0n) is 6.74. The van der Waals surface area contributed by atoms with E-state index in [0.29, 0.717) is 0 Å². The van der Waals surface area contributed by atoms with Gasteiger partial charge in [0.15, 0.2) is 5.88 Å². The van der Waals surface area contributed by atoms with Crippen LogP contribution in [0.2, 0.25) is 0 Å². The van der Waals surface area contributed by atoms with Gasteiger partial charge < -0.3 is 15.2 Å². The zero-order valence-corrected chi connectivity index (χ0v) is 6.74. The number of hydrogen-bond acceptors (Lipinski definition) is 2. The summed E-state index contributed by atoms with van der Waals surface area (Å²) in [5.41, 5.74) is 0.176. The fourth-order valence-corrected chi connectivity index (χ4v) is 0.321. The number of H-pyrrole nitrogens is 1. The van der Waals surface area contributed by atoms with E-state index >= 15 is 0 Å². The van der Waals surface area contributed by atoms with E-state index in [0.717, 1.165) is 0 Å². The maximum atomic E-state index is 9.60. The number of hydrogen-bond donors (Lipinski definition) is 3. The van der Waals surface area contributed by atoms with Crippen molar-refractivity contribution in [2.75, 3.05) is 0 Å². The molecule has 0 aliphatic heterocycles. The van der Waals surface area contributed by atoms with Gasteiger partial charge in [-0.25, -0.2) is 4.79 Å². The molecule has 0 aliphatic rings. The number of aromatic amines is 1. The average molecular weight is 169 g/mol. The maximum Gasteiger partial charge on any atom is 0.330 e. The molecule has 0 radical (unpaired) electrons. The lowest BCUT2D eigenvalue weighted by atomic mass is 10.4. The number of aliphatic carboxylic acids is 1. The molecule has 0 amide bonds. The highest BCUT2D eigenvalue weighted by Crippen LogP contribution is 1.97. The smallest absolute Gasteiger partial charge is 0.330 e. The molecule has 1 rings (SSSR count). The van der Waals surface area contributed by atoms with Crippen molar-refractivity contribution in [3.05, 3.63) is 30.5 Å². The predicted octanol–water partition coefficient (Wildman–Crippen LogP) is 1.37. The molecule has 12 heavy (non-hydrogen) atoms. The first-order valence-corrected chi connectivity index (χ1v) is 3.25. The van der Waals surface area contributed by atoms with Gasteiger partial charge in [0, 0.05) is 11.8 Å². The monoisotopic (exact) mass is 169 g/mol. The Hall–Kier alpha value is -1.71. The first-order valence-electron chi connectivity index (χ1n) is 3.25. The molecule has 0 spiro atoms. The Balaban J connectivity index is 0.000000202. The first kappa shape index (κ1) is 10.3. The molecule has 0 fully saturated rings. The number of nitrogens with one attached hydrogen (secondary N) is 1. The molecule has 4 heteroatoms. The average Bonchev–Trinajstić information content (AvgIpc) is 2.40. The topological polar surface area (TPSA) is 73.3 Å². The Bertz CT molecular complexity index is 239. The Labute approximate surface area is 70.2 Å². The first-order chi connectivity index (χ1) is 5.54. The molecule has 4 nitrogen and oxygen atoms in total.